The van der Waals surface area contributed by atoms with E-state index >= 15 is 0 Å². The normalized spacial score (nSPS) is 19.8. The maximum Gasteiger partial charge on any atom is 0.410 e. The number of benzene rings is 2. The number of nitrogens with zero attached hydrogens (tertiary/aromatic N) is 1. The molecule has 2 aromatic carbocycles. The predicted molar refractivity (Wildman–Crippen MR) is 92.4 cm³/mol. The van der Waals surface area contributed by atoms with Crippen molar-refractivity contribution in [1.29, 1.82) is 0 Å². The molecule has 2 aromatic rings. The van der Waals surface area contributed by atoms with E-state index in [-0.39, 0.29) is 18.7 Å². The lowest BCUT2D eigenvalue weighted by atomic mass is 9.87. The summed E-state index contributed by atoms with van der Waals surface area (Å²) in [5, 5.41) is 11.0. The van der Waals surface area contributed by atoms with Crippen LogP contribution in [0.15, 0.2) is 60.7 Å². The predicted octanol–water partition coefficient (Wildman–Crippen LogP) is 3.70. The minimum absolute atomic E-state index is 0.246. The third-order valence-electron chi connectivity index (χ3n) is 4.70. The first-order chi connectivity index (χ1) is 11.6. The summed E-state index contributed by atoms with van der Waals surface area (Å²) in [5.41, 5.74) is 0.679. The molecule has 1 N–H and O–H groups in total. The van der Waals surface area contributed by atoms with Gasteiger partial charge in [-0.1, -0.05) is 60.7 Å². The third-order valence-corrected chi connectivity index (χ3v) is 4.70. The highest BCUT2D eigenvalue weighted by Crippen LogP contribution is 2.34. The first-order valence-electron chi connectivity index (χ1n) is 8.34. The van der Waals surface area contributed by atoms with Crippen LogP contribution in [0.5, 0.6) is 0 Å². The number of hydrogen-bond acceptors (Lipinski definition) is 3. The van der Waals surface area contributed by atoms with Crippen molar-refractivity contribution in [1.82, 2.24) is 4.90 Å². The molecule has 24 heavy (non-hydrogen) atoms. The van der Waals surface area contributed by atoms with E-state index in [1.165, 1.54) is 0 Å². The van der Waals surface area contributed by atoms with E-state index in [1.807, 2.05) is 60.7 Å². The van der Waals surface area contributed by atoms with E-state index in [1.54, 1.807) is 11.8 Å². The lowest BCUT2D eigenvalue weighted by Crippen LogP contribution is -2.48. The fraction of sp³-hybridized carbons (Fsp3) is 0.350. The second-order valence-corrected chi connectivity index (χ2v) is 6.41. The number of aliphatic hydroxyl groups is 1. The van der Waals surface area contributed by atoms with Gasteiger partial charge in [0.05, 0.1) is 6.04 Å². The fourth-order valence-corrected chi connectivity index (χ4v) is 3.34. The van der Waals surface area contributed by atoms with Gasteiger partial charge in [0.1, 0.15) is 12.2 Å². The molecule has 4 nitrogen and oxygen atoms in total. The molecule has 0 aromatic heterocycles. The van der Waals surface area contributed by atoms with Crippen molar-refractivity contribution in [3.05, 3.63) is 71.8 Å². The monoisotopic (exact) mass is 325 g/mol. The van der Waals surface area contributed by atoms with Crippen molar-refractivity contribution in [2.24, 2.45) is 0 Å². The smallest absolute Gasteiger partial charge is 0.410 e. The van der Waals surface area contributed by atoms with E-state index in [4.69, 9.17) is 4.74 Å². The largest absolute Gasteiger partial charge is 0.445 e. The zero-order valence-electron chi connectivity index (χ0n) is 13.9. The van der Waals surface area contributed by atoms with Crippen molar-refractivity contribution >= 4 is 6.09 Å². The van der Waals surface area contributed by atoms with Crippen molar-refractivity contribution in [2.45, 2.75) is 38.0 Å². The third kappa shape index (κ3) is 3.44. The van der Waals surface area contributed by atoms with Crippen LogP contribution in [-0.2, 0) is 16.9 Å². The van der Waals surface area contributed by atoms with Crippen molar-refractivity contribution in [3.8, 4) is 0 Å². The van der Waals surface area contributed by atoms with Gasteiger partial charge in [-0.2, -0.15) is 0 Å². The van der Waals surface area contributed by atoms with Crippen molar-refractivity contribution in [3.63, 3.8) is 0 Å². The summed E-state index contributed by atoms with van der Waals surface area (Å²) in [4.78, 5) is 14.2. The Morgan fingerprint density at radius 2 is 1.79 bits per heavy atom. The van der Waals surface area contributed by atoms with E-state index in [2.05, 4.69) is 0 Å². The topological polar surface area (TPSA) is 49.8 Å². The number of carbonyl (C=O) groups is 1. The van der Waals surface area contributed by atoms with Gasteiger partial charge in [0, 0.05) is 6.54 Å². The van der Waals surface area contributed by atoms with E-state index in [9.17, 15) is 9.90 Å². The van der Waals surface area contributed by atoms with Crippen molar-refractivity contribution in [2.75, 3.05) is 6.54 Å². The maximum atomic E-state index is 12.5. The minimum Gasteiger partial charge on any atom is -0.445 e. The lowest BCUT2D eigenvalue weighted by molar-refractivity contribution is -0.0235. The molecule has 4 heteroatoms. The Kier molecular flexibility index (Phi) is 4.86. The molecule has 0 aliphatic carbocycles. The minimum atomic E-state index is -1.09. The fourth-order valence-electron chi connectivity index (χ4n) is 3.34. The number of hydrogen-bond donors (Lipinski definition) is 1. The summed E-state index contributed by atoms with van der Waals surface area (Å²) in [6.07, 6.45) is 1.27. The summed E-state index contributed by atoms with van der Waals surface area (Å²) in [5.74, 6) is 0. The number of rotatable bonds is 4. The molecule has 0 saturated carbocycles. The SMILES string of the molecule is C[C@](O)(c1ccccc1)[C@H]1CCCN1C(=O)OCc1ccccc1. The van der Waals surface area contributed by atoms with Gasteiger partial charge in [0.2, 0.25) is 0 Å². The van der Waals surface area contributed by atoms with Crippen LogP contribution >= 0.6 is 0 Å². The Balaban J connectivity index is 1.69. The van der Waals surface area contributed by atoms with Crippen LogP contribution in [0.2, 0.25) is 0 Å². The van der Waals surface area contributed by atoms with Crippen LogP contribution < -0.4 is 0 Å². The van der Waals surface area contributed by atoms with Gasteiger partial charge in [-0.15, -0.1) is 0 Å². The second-order valence-electron chi connectivity index (χ2n) is 6.41. The highest BCUT2D eigenvalue weighted by molar-refractivity contribution is 5.68. The van der Waals surface area contributed by atoms with Crippen LogP contribution in [0.4, 0.5) is 4.79 Å². The Labute approximate surface area is 142 Å². The van der Waals surface area contributed by atoms with Crippen molar-refractivity contribution < 1.29 is 14.6 Å². The van der Waals surface area contributed by atoms with E-state index < -0.39 is 5.60 Å². The van der Waals surface area contributed by atoms with Crippen LogP contribution in [0.1, 0.15) is 30.9 Å². The Bertz CT molecular complexity index is 670. The van der Waals surface area contributed by atoms with Crippen LogP contribution in [0.3, 0.4) is 0 Å². The highest BCUT2D eigenvalue weighted by atomic mass is 16.6. The average molecular weight is 325 g/mol. The molecule has 0 spiro atoms. The quantitative estimate of drug-likeness (QED) is 0.932. The molecule has 2 atom stereocenters. The van der Waals surface area contributed by atoms with Gasteiger partial charge in [-0.3, -0.25) is 0 Å². The standard InChI is InChI=1S/C20H23NO3/c1-20(23,17-11-6-3-7-12-17)18-13-8-14-21(18)19(22)24-15-16-9-4-2-5-10-16/h2-7,9-12,18,23H,8,13-15H2,1H3/t18-,20+/m1/s1. The molecule has 1 amide bonds. The summed E-state index contributed by atoms with van der Waals surface area (Å²) < 4.78 is 5.45. The Morgan fingerprint density at radius 3 is 2.46 bits per heavy atom. The van der Waals surface area contributed by atoms with Gasteiger partial charge in [0.25, 0.3) is 0 Å². The summed E-state index contributed by atoms with van der Waals surface area (Å²) in [7, 11) is 0. The summed E-state index contributed by atoms with van der Waals surface area (Å²) >= 11 is 0. The van der Waals surface area contributed by atoms with Crippen LogP contribution in [-0.4, -0.2) is 28.7 Å². The highest BCUT2D eigenvalue weighted by Gasteiger charge is 2.43. The van der Waals surface area contributed by atoms with E-state index in [0.29, 0.717) is 6.54 Å². The number of carbonyl (C=O) groups excluding carboxylic acids is 1. The Hall–Kier alpha value is -2.33. The number of likely N-dealkylation sites (tertiary alicyclic amines) is 1. The van der Waals surface area contributed by atoms with Gasteiger partial charge in [0.15, 0.2) is 0 Å². The molecule has 3 rings (SSSR count). The number of ether oxygens (including phenoxy) is 1. The van der Waals surface area contributed by atoms with Gasteiger partial charge >= 0.3 is 6.09 Å². The molecule has 1 aliphatic heterocycles. The maximum absolute atomic E-state index is 12.5. The molecule has 1 saturated heterocycles. The number of amides is 1. The molecule has 1 heterocycles. The average Bonchev–Trinajstić information content (AvgIpc) is 3.12. The summed E-state index contributed by atoms with van der Waals surface area (Å²) in [6.45, 7) is 2.63. The Morgan fingerprint density at radius 1 is 1.17 bits per heavy atom. The van der Waals surface area contributed by atoms with Crippen LogP contribution in [0, 0.1) is 0 Å². The van der Waals surface area contributed by atoms with Gasteiger partial charge < -0.3 is 14.7 Å². The lowest BCUT2D eigenvalue weighted by Gasteiger charge is -2.36. The first kappa shape index (κ1) is 16.5. The zero-order chi connectivity index (χ0) is 17.0. The molecular weight excluding hydrogens is 302 g/mol. The second kappa shape index (κ2) is 7.05. The molecule has 0 unspecified atom stereocenters. The molecule has 126 valence electrons. The molecule has 1 aliphatic rings. The molecule has 0 bridgehead atoms. The van der Waals surface area contributed by atoms with Gasteiger partial charge in [-0.05, 0) is 30.9 Å². The zero-order valence-corrected chi connectivity index (χ0v) is 13.9. The van der Waals surface area contributed by atoms with E-state index in [0.717, 1.165) is 24.0 Å². The first-order valence-corrected chi connectivity index (χ1v) is 8.34. The van der Waals surface area contributed by atoms with Crippen LogP contribution in [0.25, 0.3) is 0 Å². The van der Waals surface area contributed by atoms with Gasteiger partial charge in [-0.25, -0.2) is 4.79 Å². The molecule has 1 fully saturated rings. The summed E-state index contributed by atoms with van der Waals surface area (Å²) in [6, 6.07) is 18.8. The molecule has 0 radical (unpaired) electrons. The molecular formula is C20H23NO3.